The van der Waals surface area contributed by atoms with Crippen LogP contribution in [0.5, 0.6) is 0 Å². The normalized spacial score (nSPS) is 13.4. The molecular formula is C35H32BN. The van der Waals surface area contributed by atoms with E-state index in [4.69, 9.17) is 0 Å². The summed E-state index contributed by atoms with van der Waals surface area (Å²) in [7, 11) is 2.23. The van der Waals surface area contributed by atoms with Crippen molar-refractivity contribution in [1.82, 2.24) is 0 Å². The van der Waals surface area contributed by atoms with E-state index in [-0.39, 0.29) is 6.71 Å². The fourth-order valence-corrected chi connectivity index (χ4v) is 6.88. The third-order valence-electron chi connectivity index (χ3n) is 8.62. The van der Waals surface area contributed by atoms with Crippen LogP contribution in [0, 0.1) is 0 Å². The summed E-state index contributed by atoms with van der Waals surface area (Å²) in [6.07, 6.45) is 0. The van der Waals surface area contributed by atoms with Gasteiger partial charge in [0, 0.05) is 18.4 Å². The highest BCUT2D eigenvalue weighted by Gasteiger charge is 2.35. The third kappa shape index (κ3) is 3.11. The second kappa shape index (κ2) is 8.11. The van der Waals surface area contributed by atoms with Crippen LogP contribution >= 0.6 is 0 Å². The highest BCUT2D eigenvalue weighted by molar-refractivity contribution is 6.99. The summed E-state index contributed by atoms with van der Waals surface area (Å²) in [4.78, 5) is 2.40. The van der Waals surface area contributed by atoms with Gasteiger partial charge in [-0.1, -0.05) is 112 Å². The van der Waals surface area contributed by atoms with Crippen LogP contribution in [0.4, 0.5) is 11.4 Å². The lowest BCUT2D eigenvalue weighted by molar-refractivity contribution is 0.847. The van der Waals surface area contributed by atoms with Gasteiger partial charge in [-0.15, -0.1) is 0 Å². The van der Waals surface area contributed by atoms with E-state index < -0.39 is 0 Å². The molecule has 1 heterocycles. The molecule has 7 rings (SSSR count). The van der Waals surface area contributed by atoms with E-state index in [1.54, 1.807) is 0 Å². The Morgan fingerprint density at radius 1 is 0.595 bits per heavy atom. The summed E-state index contributed by atoms with van der Waals surface area (Å²) in [5.41, 5.74) is 9.69. The topological polar surface area (TPSA) is 3.24 Å². The van der Waals surface area contributed by atoms with Gasteiger partial charge in [0.2, 0.25) is 6.71 Å². The molecule has 0 radical (unpaired) electrons. The van der Waals surface area contributed by atoms with Gasteiger partial charge in [-0.05, 0) is 78.3 Å². The van der Waals surface area contributed by atoms with Gasteiger partial charge in [-0.2, -0.15) is 0 Å². The summed E-state index contributed by atoms with van der Waals surface area (Å²) in [5.74, 6) is 0.956. The number of fused-ring (bicyclic) bond motifs is 3. The molecule has 1 aliphatic rings. The minimum absolute atomic E-state index is 0.197. The highest BCUT2D eigenvalue weighted by Crippen LogP contribution is 2.43. The van der Waals surface area contributed by atoms with Gasteiger partial charge in [0.1, 0.15) is 0 Å². The van der Waals surface area contributed by atoms with Gasteiger partial charge >= 0.3 is 0 Å². The van der Waals surface area contributed by atoms with Crippen molar-refractivity contribution in [2.75, 3.05) is 11.9 Å². The Labute approximate surface area is 220 Å². The Kier molecular flexibility index (Phi) is 4.92. The molecule has 0 unspecified atom stereocenters. The molecule has 1 nitrogen and oxygen atoms in total. The summed E-state index contributed by atoms with van der Waals surface area (Å²) in [6.45, 7) is 9.51. The number of nitrogens with zero attached hydrogens (tertiary/aromatic N) is 1. The van der Waals surface area contributed by atoms with Crippen LogP contribution in [0.2, 0.25) is 0 Å². The first kappa shape index (κ1) is 22.4. The molecule has 0 bridgehead atoms. The summed E-state index contributed by atoms with van der Waals surface area (Å²) in [5, 5.41) is 8.41. The molecule has 0 saturated carbocycles. The second-order valence-electron chi connectivity index (χ2n) is 11.4. The molecule has 1 aliphatic heterocycles. The first-order chi connectivity index (χ1) is 18.0. The van der Waals surface area contributed by atoms with Crippen molar-refractivity contribution < 1.29 is 0 Å². The molecular weight excluding hydrogens is 445 g/mol. The predicted octanol–water partition coefficient (Wildman–Crippen LogP) is 7.43. The highest BCUT2D eigenvalue weighted by atomic mass is 15.1. The number of rotatable bonds is 3. The van der Waals surface area contributed by atoms with Crippen LogP contribution in [0.15, 0.2) is 91.0 Å². The third-order valence-corrected chi connectivity index (χ3v) is 8.62. The molecule has 0 saturated heterocycles. The van der Waals surface area contributed by atoms with Crippen molar-refractivity contribution >= 4 is 66.8 Å². The predicted molar refractivity (Wildman–Crippen MR) is 164 cm³/mol. The molecule has 0 fully saturated rings. The summed E-state index contributed by atoms with van der Waals surface area (Å²) in [6, 6.07) is 34.5. The van der Waals surface area contributed by atoms with Crippen molar-refractivity contribution in [1.29, 1.82) is 0 Å². The smallest absolute Gasteiger partial charge is 0.247 e. The van der Waals surface area contributed by atoms with E-state index in [0.29, 0.717) is 11.8 Å². The van der Waals surface area contributed by atoms with E-state index in [1.165, 1.54) is 71.2 Å². The van der Waals surface area contributed by atoms with Gasteiger partial charge in [-0.25, -0.2) is 0 Å². The maximum atomic E-state index is 2.48. The lowest BCUT2D eigenvalue weighted by Crippen LogP contribution is -2.57. The van der Waals surface area contributed by atoms with E-state index in [1.807, 2.05) is 0 Å². The minimum Gasteiger partial charge on any atom is -0.345 e. The van der Waals surface area contributed by atoms with Gasteiger partial charge in [0.05, 0.1) is 0 Å². The van der Waals surface area contributed by atoms with E-state index in [0.717, 1.165) is 0 Å². The van der Waals surface area contributed by atoms with E-state index in [2.05, 4.69) is 131 Å². The molecule has 37 heavy (non-hydrogen) atoms. The molecule has 2 heteroatoms. The Balaban J connectivity index is 1.67. The first-order valence-electron chi connectivity index (χ1n) is 13.6. The Morgan fingerprint density at radius 2 is 1.22 bits per heavy atom. The molecule has 0 atom stereocenters. The average molecular weight is 477 g/mol. The van der Waals surface area contributed by atoms with Crippen molar-refractivity contribution in [2.45, 2.75) is 39.5 Å². The molecule has 180 valence electrons. The number of benzene rings is 6. The maximum Gasteiger partial charge on any atom is 0.247 e. The number of hydrogen-bond donors (Lipinski definition) is 0. The number of anilines is 2. The minimum atomic E-state index is 0.197. The van der Waals surface area contributed by atoms with Crippen LogP contribution in [0.1, 0.15) is 50.7 Å². The van der Waals surface area contributed by atoms with Crippen LogP contribution < -0.4 is 21.3 Å². The molecule has 0 aromatic heterocycles. The Morgan fingerprint density at radius 3 is 1.92 bits per heavy atom. The van der Waals surface area contributed by atoms with Crippen LogP contribution in [0.3, 0.4) is 0 Å². The second-order valence-corrected chi connectivity index (χ2v) is 11.4. The monoisotopic (exact) mass is 477 g/mol. The van der Waals surface area contributed by atoms with Crippen molar-refractivity contribution in [2.24, 2.45) is 0 Å². The van der Waals surface area contributed by atoms with Crippen LogP contribution in [-0.4, -0.2) is 13.8 Å². The quantitative estimate of drug-likeness (QED) is 0.189. The fourth-order valence-electron chi connectivity index (χ4n) is 6.88. The zero-order valence-corrected chi connectivity index (χ0v) is 22.3. The number of para-hydroxylation sites is 1. The van der Waals surface area contributed by atoms with Crippen LogP contribution in [-0.2, 0) is 0 Å². The molecule has 6 aromatic rings. The van der Waals surface area contributed by atoms with Gasteiger partial charge in [0.25, 0.3) is 0 Å². The molecule has 0 spiro atoms. The lowest BCUT2D eigenvalue weighted by atomic mass is 9.34. The Bertz CT molecular complexity index is 1770. The summed E-state index contributed by atoms with van der Waals surface area (Å²) < 4.78 is 0. The zero-order chi connectivity index (χ0) is 25.4. The van der Waals surface area contributed by atoms with Crippen molar-refractivity contribution in [3.8, 4) is 0 Å². The molecule has 0 aliphatic carbocycles. The molecule has 6 aromatic carbocycles. The Hall–Kier alpha value is -3.78. The van der Waals surface area contributed by atoms with Crippen molar-refractivity contribution in [3.63, 3.8) is 0 Å². The van der Waals surface area contributed by atoms with Crippen LogP contribution in [0.25, 0.3) is 32.3 Å². The van der Waals surface area contributed by atoms with Gasteiger partial charge < -0.3 is 4.90 Å². The molecule has 0 amide bonds. The summed E-state index contributed by atoms with van der Waals surface area (Å²) >= 11 is 0. The van der Waals surface area contributed by atoms with E-state index in [9.17, 15) is 0 Å². The SMILES string of the molecule is CC(C)c1cc(C(C)C)c2ccc3c4c(cc5ccc1c2c53)N(C)c1ccccc1B4c1ccccc1. The zero-order valence-electron chi connectivity index (χ0n) is 22.3. The van der Waals surface area contributed by atoms with E-state index >= 15 is 0 Å². The molecule has 0 N–H and O–H groups in total. The fraction of sp³-hybridized carbons (Fsp3) is 0.200. The average Bonchev–Trinajstić information content (AvgIpc) is 2.92. The van der Waals surface area contributed by atoms with Gasteiger partial charge in [-0.3, -0.25) is 0 Å². The number of hydrogen-bond acceptors (Lipinski definition) is 1. The lowest BCUT2D eigenvalue weighted by Gasteiger charge is -2.36. The maximum absolute atomic E-state index is 2.48. The first-order valence-corrected chi connectivity index (χ1v) is 13.6. The largest absolute Gasteiger partial charge is 0.345 e. The van der Waals surface area contributed by atoms with Crippen molar-refractivity contribution in [3.05, 3.63) is 102 Å². The van der Waals surface area contributed by atoms with Gasteiger partial charge in [0.15, 0.2) is 0 Å². The standard InChI is InChI=1S/C35H32BN/c1-21(2)28-20-29(22(3)4)26-17-18-27-33-23(15-16-25(28)34(26)33)19-32-35(27)36(24-11-7-6-8-12-24)30-13-9-10-14-31(30)37(32)5/h6-22H,1-5H3.